The third-order valence-electron chi connectivity index (χ3n) is 3.19. The SMILES string of the molecule is NCC1CN(Cc2cc(-c3cccs3)on2)CCO1. The van der Waals surface area contributed by atoms with Gasteiger partial charge in [0.2, 0.25) is 0 Å². The van der Waals surface area contributed by atoms with Gasteiger partial charge in [0.05, 0.1) is 23.3 Å². The van der Waals surface area contributed by atoms with Crippen molar-refractivity contribution >= 4 is 11.3 Å². The lowest BCUT2D eigenvalue weighted by molar-refractivity contribution is -0.0266. The first-order valence-electron chi connectivity index (χ1n) is 6.38. The van der Waals surface area contributed by atoms with Gasteiger partial charge in [-0.15, -0.1) is 11.3 Å². The Morgan fingerprint density at radius 3 is 3.26 bits per heavy atom. The number of nitrogens with two attached hydrogens (primary N) is 1. The van der Waals surface area contributed by atoms with E-state index < -0.39 is 0 Å². The fraction of sp³-hybridized carbons (Fsp3) is 0.462. The molecule has 0 bridgehead atoms. The number of ether oxygens (including phenoxy) is 1. The summed E-state index contributed by atoms with van der Waals surface area (Å²) in [6.45, 7) is 3.86. The molecule has 1 fully saturated rings. The molecule has 1 aliphatic rings. The van der Waals surface area contributed by atoms with Gasteiger partial charge in [-0.2, -0.15) is 0 Å². The standard InChI is InChI=1S/C13H17N3O2S/c14-7-11-9-16(3-4-17-11)8-10-6-12(18-15-10)13-2-1-5-19-13/h1-2,5-6,11H,3-4,7-9,14H2. The Labute approximate surface area is 115 Å². The first kappa shape index (κ1) is 12.8. The molecule has 3 heterocycles. The molecule has 5 nitrogen and oxygen atoms in total. The van der Waals surface area contributed by atoms with E-state index in [1.165, 1.54) is 0 Å². The summed E-state index contributed by atoms with van der Waals surface area (Å²) in [5.74, 6) is 0.841. The van der Waals surface area contributed by atoms with E-state index in [1.807, 2.05) is 23.6 Å². The monoisotopic (exact) mass is 279 g/mol. The molecule has 0 radical (unpaired) electrons. The molecule has 0 aromatic carbocycles. The normalized spacial score (nSPS) is 20.8. The summed E-state index contributed by atoms with van der Waals surface area (Å²) < 4.78 is 10.9. The molecule has 1 atom stereocenters. The molecule has 102 valence electrons. The van der Waals surface area contributed by atoms with Gasteiger partial charge in [-0.05, 0) is 11.4 Å². The molecule has 2 N–H and O–H groups in total. The molecule has 19 heavy (non-hydrogen) atoms. The zero-order chi connectivity index (χ0) is 13.1. The first-order chi connectivity index (χ1) is 9.35. The third-order valence-corrected chi connectivity index (χ3v) is 4.08. The van der Waals surface area contributed by atoms with E-state index in [1.54, 1.807) is 11.3 Å². The molecular weight excluding hydrogens is 262 g/mol. The van der Waals surface area contributed by atoms with Crippen molar-refractivity contribution < 1.29 is 9.26 Å². The number of nitrogens with zero attached hydrogens (tertiary/aromatic N) is 2. The molecule has 1 aliphatic heterocycles. The Morgan fingerprint density at radius 2 is 2.47 bits per heavy atom. The highest BCUT2D eigenvalue weighted by atomic mass is 32.1. The van der Waals surface area contributed by atoms with Crippen molar-refractivity contribution in [3.05, 3.63) is 29.3 Å². The van der Waals surface area contributed by atoms with Gasteiger partial charge >= 0.3 is 0 Å². The van der Waals surface area contributed by atoms with Gasteiger partial charge in [0, 0.05) is 32.2 Å². The van der Waals surface area contributed by atoms with Crippen LogP contribution in [0.15, 0.2) is 28.1 Å². The molecule has 0 amide bonds. The summed E-state index contributed by atoms with van der Waals surface area (Å²) in [6.07, 6.45) is 0.136. The van der Waals surface area contributed by atoms with Crippen molar-refractivity contribution in [2.75, 3.05) is 26.2 Å². The van der Waals surface area contributed by atoms with Gasteiger partial charge in [0.25, 0.3) is 0 Å². The minimum Gasteiger partial charge on any atom is -0.374 e. The molecule has 0 saturated carbocycles. The maximum atomic E-state index is 5.64. The molecule has 0 aliphatic carbocycles. The van der Waals surface area contributed by atoms with E-state index in [4.69, 9.17) is 15.0 Å². The van der Waals surface area contributed by atoms with E-state index in [9.17, 15) is 0 Å². The molecule has 1 saturated heterocycles. The number of hydrogen-bond acceptors (Lipinski definition) is 6. The molecule has 6 heteroatoms. The van der Waals surface area contributed by atoms with Gasteiger partial charge in [-0.25, -0.2) is 0 Å². The lowest BCUT2D eigenvalue weighted by Gasteiger charge is -2.31. The highest BCUT2D eigenvalue weighted by molar-refractivity contribution is 7.13. The van der Waals surface area contributed by atoms with Crippen LogP contribution in [-0.4, -0.2) is 42.4 Å². The highest BCUT2D eigenvalue weighted by Crippen LogP contribution is 2.25. The molecule has 3 rings (SSSR count). The predicted octanol–water partition coefficient (Wildman–Crippen LogP) is 1.56. The second kappa shape index (κ2) is 5.83. The van der Waals surface area contributed by atoms with Crippen LogP contribution in [0.4, 0.5) is 0 Å². The molecule has 0 spiro atoms. The van der Waals surface area contributed by atoms with Gasteiger partial charge in [0.1, 0.15) is 0 Å². The van der Waals surface area contributed by atoms with Crippen LogP contribution >= 0.6 is 11.3 Å². The van der Waals surface area contributed by atoms with Crippen LogP contribution in [0, 0.1) is 0 Å². The first-order valence-corrected chi connectivity index (χ1v) is 7.26. The topological polar surface area (TPSA) is 64.5 Å². The fourth-order valence-corrected chi connectivity index (χ4v) is 2.89. The number of aromatic nitrogens is 1. The van der Waals surface area contributed by atoms with Crippen LogP contribution in [0.2, 0.25) is 0 Å². The smallest absolute Gasteiger partial charge is 0.177 e. The van der Waals surface area contributed by atoms with Gasteiger partial charge in [0.15, 0.2) is 5.76 Å². The van der Waals surface area contributed by atoms with Crippen molar-refractivity contribution in [3.8, 4) is 10.6 Å². The van der Waals surface area contributed by atoms with Gasteiger partial charge in [-0.1, -0.05) is 11.2 Å². The van der Waals surface area contributed by atoms with Crippen LogP contribution in [0.5, 0.6) is 0 Å². The largest absolute Gasteiger partial charge is 0.374 e. The fourth-order valence-electron chi connectivity index (χ4n) is 2.22. The lowest BCUT2D eigenvalue weighted by Crippen LogP contribution is -2.45. The van der Waals surface area contributed by atoms with Crippen molar-refractivity contribution in [3.63, 3.8) is 0 Å². The van der Waals surface area contributed by atoms with Crippen LogP contribution in [0.25, 0.3) is 10.6 Å². The van der Waals surface area contributed by atoms with Crippen molar-refractivity contribution in [1.29, 1.82) is 0 Å². The maximum Gasteiger partial charge on any atom is 0.177 e. The van der Waals surface area contributed by atoms with Crippen molar-refractivity contribution in [2.24, 2.45) is 5.73 Å². The maximum absolute atomic E-state index is 5.64. The number of thiophene rings is 1. The Bertz CT molecular complexity index is 512. The average Bonchev–Trinajstić information content (AvgIpc) is 3.09. The van der Waals surface area contributed by atoms with E-state index in [2.05, 4.69) is 10.1 Å². The van der Waals surface area contributed by atoms with E-state index in [0.29, 0.717) is 6.54 Å². The van der Waals surface area contributed by atoms with E-state index >= 15 is 0 Å². The quantitative estimate of drug-likeness (QED) is 0.920. The molecule has 2 aromatic heterocycles. The summed E-state index contributed by atoms with van der Waals surface area (Å²) in [4.78, 5) is 3.41. The zero-order valence-corrected chi connectivity index (χ0v) is 11.4. The Kier molecular flexibility index (Phi) is 3.93. The number of rotatable bonds is 4. The predicted molar refractivity (Wildman–Crippen MR) is 73.9 cm³/mol. The van der Waals surface area contributed by atoms with E-state index in [-0.39, 0.29) is 6.10 Å². The van der Waals surface area contributed by atoms with Crippen LogP contribution in [0.1, 0.15) is 5.69 Å². The minimum atomic E-state index is 0.136. The minimum absolute atomic E-state index is 0.136. The van der Waals surface area contributed by atoms with Crippen LogP contribution < -0.4 is 5.73 Å². The van der Waals surface area contributed by atoms with Crippen molar-refractivity contribution in [2.45, 2.75) is 12.6 Å². The second-order valence-electron chi connectivity index (χ2n) is 4.62. The number of morpholine rings is 1. The van der Waals surface area contributed by atoms with Crippen LogP contribution in [-0.2, 0) is 11.3 Å². The summed E-state index contributed by atoms with van der Waals surface area (Å²) in [5, 5.41) is 6.17. The zero-order valence-electron chi connectivity index (χ0n) is 10.6. The Morgan fingerprint density at radius 1 is 1.53 bits per heavy atom. The summed E-state index contributed by atoms with van der Waals surface area (Å²) in [7, 11) is 0. The third kappa shape index (κ3) is 3.03. The molecule has 1 unspecified atom stereocenters. The highest BCUT2D eigenvalue weighted by Gasteiger charge is 2.20. The molecular formula is C13H17N3O2S. The average molecular weight is 279 g/mol. The summed E-state index contributed by atoms with van der Waals surface area (Å²) in [5.41, 5.74) is 6.60. The van der Waals surface area contributed by atoms with E-state index in [0.717, 1.165) is 42.6 Å². The summed E-state index contributed by atoms with van der Waals surface area (Å²) >= 11 is 1.66. The van der Waals surface area contributed by atoms with Gasteiger partial charge < -0.3 is 15.0 Å². The lowest BCUT2D eigenvalue weighted by atomic mass is 10.2. The van der Waals surface area contributed by atoms with Crippen molar-refractivity contribution in [1.82, 2.24) is 10.1 Å². The molecule has 2 aromatic rings. The second-order valence-corrected chi connectivity index (χ2v) is 5.57. The van der Waals surface area contributed by atoms with Gasteiger partial charge in [-0.3, -0.25) is 4.90 Å². The number of hydrogen-bond donors (Lipinski definition) is 1. The Hall–Kier alpha value is -1.21. The Balaban J connectivity index is 1.64. The summed E-state index contributed by atoms with van der Waals surface area (Å²) in [6, 6.07) is 6.06. The van der Waals surface area contributed by atoms with Crippen LogP contribution in [0.3, 0.4) is 0 Å².